The molecule has 0 saturated heterocycles. The van der Waals surface area contributed by atoms with Gasteiger partial charge in [0.25, 0.3) is 11.6 Å². The molecule has 0 heterocycles. The molecule has 164 valence electrons. The number of nitro benzene ring substituents is 1. The fraction of sp³-hybridized carbons (Fsp3) is 0.391. The summed E-state index contributed by atoms with van der Waals surface area (Å²) in [6.07, 6.45) is 1.76. The quantitative estimate of drug-likeness (QED) is 0.338. The van der Waals surface area contributed by atoms with Gasteiger partial charge in [-0.05, 0) is 43.9 Å². The molecule has 3 rings (SSSR count). The summed E-state index contributed by atoms with van der Waals surface area (Å²) in [6.45, 7) is 3.95. The molecule has 1 aliphatic rings. The summed E-state index contributed by atoms with van der Waals surface area (Å²) in [7, 11) is 0. The van der Waals surface area contributed by atoms with Crippen molar-refractivity contribution in [1.29, 1.82) is 0 Å². The lowest BCUT2D eigenvalue weighted by molar-refractivity contribution is -0.384. The van der Waals surface area contributed by atoms with Gasteiger partial charge >= 0.3 is 5.97 Å². The molecule has 8 heteroatoms. The van der Waals surface area contributed by atoms with Crippen molar-refractivity contribution in [3.63, 3.8) is 0 Å². The molecule has 1 saturated carbocycles. The molecule has 1 amide bonds. The van der Waals surface area contributed by atoms with Crippen LogP contribution in [0.1, 0.15) is 54.9 Å². The van der Waals surface area contributed by atoms with E-state index in [1.54, 1.807) is 0 Å². The van der Waals surface area contributed by atoms with Gasteiger partial charge in [-0.1, -0.05) is 37.3 Å². The maximum atomic E-state index is 12.5. The zero-order valence-corrected chi connectivity index (χ0v) is 17.7. The fourth-order valence-electron chi connectivity index (χ4n) is 3.25. The Labute approximate surface area is 181 Å². The minimum absolute atomic E-state index is 0.0309. The molecule has 1 aliphatic carbocycles. The molecular weight excluding hydrogens is 398 g/mol. The van der Waals surface area contributed by atoms with Crippen LogP contribution in [-0.4, -0.2) is 35.5 Å². The van der Waals surface area contributed by atoms with E-state index in [2.05, 4.69) is 10.6 Å². The Kier molecular flexibility index (Phi) is 7.23. The van der Waals surface area contributed by atoms with E-state index in [4.69, 9.17) is 4.74 Å². The number of ether oxygens (including phenoxy) is 1. The third-order valence-electron chi connectivity index (χ3n) is 5.31. The Morgan fingerprint density at radius 2 is 1.90 bits per heavy atom. The molecule has 0 aromatic heterocycles. The number of amides is 1. The van der Waals surface area contributed by atoms with Crippen LogP contribution in [0.4, 0.5) is 11.4 Å². The van der Waals surface area contributed by atoms with Crippen LogP contribution in [0, 0.1) is 10.1 Å². The second-order valence-corrected chi connectivity index (χ2v) is 7.72. The van der Waals surface area contributed by atoms with E-state index in [0.717, 1.165) is 24.8 Å². The highest BCUT2D eigenvalue weighted by Crippen LogP contribution is 2.31. The SMILES string of the molecule is CC[C@@H](CNC(=O)[C@H](C)OC(=O)c1ccc(NC2CC2)c([N+](=O)[O-])c1)c1ccccc1. The Hall–Kier alpha value is -3.42. The van der Waals surface area contributed by atoms with Crippen molar-refractivity contribution in [2.75, 3.05) is 11.9 Å². The minimum atomic E-state index is -1.02. The monoisotopic (exact) mass is 425 g/mol. The highest BCUT2D eigenvalue weighted by atomic mass is 16.6. The van der Waals surface area contributed by atoms with Gasteiger partial charge in [0.2, 0.25) is 0 Å². The van der Waals surface area contributed by atoms with Crippen LogP contribution >= 0.6 is 0 Å². The highest BCUT2D eigenvalue weighted by Gasteiger charge is 2.27. The molecule has 8 nitrogen and oxygen atoms in total. The summed E-state index contributed by atoms with van der Waals surface area (Å²) in [4.78, 5) is 35.7. The number of nitro groups is 1. The largest absolute Gasteiger partial charge is 0.449 e. The number of carbonyl (C=O) groups is 2. The lowest BCUT2D eigenvalue weighted by Gasteiger charge is -2.18. The summed E-state index contributed by atoms with van der Waals surface area (Å²) in [5.74, 6) is -1.04. The average molecular weight is 425 g/mol. The summed E-state index contributed by atoms with van der Waals surface area (Å²) in [5.41, 5.74) is 1.35. The molecule has 0 aliphatic heterocycles. The molecule has 2 N–H and O–H groups in total. The first kappa shape index (κ1) is 22.3. The molecule has 2 aromatic carbocycles. The number of esters is 1. The maximum Gasteiger partial charge on any atom is 0.339 e. The molecule has 0 bridgehead atoms. The third kappa shape index (κ3) is 6.04. The second-order valence-electron chi connectivity index (χ2n) is 7.72. The number of hydrogen-bond donors (Lipinski definition) is 2. The molecule has 2 atom stereocenters. The van der Waals surface area contributed by atoms with Gasteiger partial charge in [-0.25, -0.2) is 4.79 Å². The number of carbonyl (C=O) groups excluding carboxylic acids is 2. The number of benzene rings is 2. The van der Waals surface area contributed by atoms with Crippen LogP contribution in [0.5, 0.6) is 0 Å². The van der Waals surface area contributed by atoms with E-state index in [-0.39, 0.29) is 23.2 Å². The molecule has 0 spiro atoms. The van der Waals surface area contributed by atoms with Gasteiger partial charge in [-0.15, -0.1) is 0 Å². The van der Waals surface area contributed by atoms with E-state index >= 15 is 0 Å². The van der Waals surface area contributed by atoms with Gasteiger partial charge in [0, 0.05) is 24.6 Å². The molecule has 31 heavy (non-hydrogen) atoms. The lowest BCUT2D eigenvalue weighted by Crippen LogP contribution is -2.38. The number of hydrogen-bond acceptors (Lipinski definition) is 6. The molecular formula is C23H27N3O5. The van der Waals surface area contributed by atoms with E-state index in [1.807, 2.05) is 37.3 Å². The first-order valence-corrected chi connectivity index (χ1v) is 10.5. The zero-order valence-electron chi connectivity index (χ0n) is 17.7. The molecule has 0 radical (unpaired) electrons. The Morgan fingerprint density at radius 3 is 2.52 bits per heavy atom. The first-order chi connectivity index (χ1) is 14.9. The van der Waals surface area contributed by atoms with E-state index in [0.29, 0.717) is 12.2 Å². The van der Waals surface area contributed by atoms with Crippen molar-refractivity contribution in [2.45, 2.75) is 51.2 Å². The number of nitrogens with one attached hydrogen (secondary N) is 2. The fourth-order valence-corrected chi connectivity index (χ4v) is 3.25. The van der Waals surface area contributed by atoms with Gasteiger partial charge in [-0.3, -0.25) is 14.9 Å². The zero-order chi connectivity index (χ0) is 22.4. The summed E-state index contributed by atoms with van der Waals surface area (Å²) >= 11 is 0. The summed E-state index contributed by atoms with van der Waals surface area (Å²) in [5, 5.41) is 17.3. The van der Waals surface area contributed by atoms with Gasteiger partial charge in [0.15, 0.2) is 6.10 Å². The normalized spacial score (nSPS) is 14.9. The lowest BCUT2D eigenvalue weighted by atomic mass is 9.96. The predicted molar refractivity (Wildman–Crippen MR) is 117 cm³/mol. The number of rotatable bonds is 10. The molecule has 2 aromatic rings. The average Bonchev–Trinajstić information content (AvgIpc) is 3.58. The minimum Gasteiger partial charge on any atom is -0.449 e. The smallest absolute Gasteiger partial charge is 0.339 e. The van der Waals surface area contributed by atoms with Crippen LogP contribution in [0.2, 0.25) is 0 Å². The topological polar surface area (TPSA) is 111 Å². The Bertz CT molecular complexity index is 943. The summed E-state index contributed by atoms with van der Waals surface area (Å²) < 4.78 is 5.24. The van der Waals surface area contributed by atoms with Crippen LogP contribution in [0.25, 0.3) is 0 Å². The first-order valence-electron chi connectivity index (χ1n) is 10.5. The predicted octanol–water partition coefficient (Wildman–Crippen LogP) is 4.02. The van der Waals surface area contributed by atoms with Gasteiger partial charge < -0.3 is 15.4 Å². The highest BCUT2D eigenvalue weighted by molar-refractivity contribution is 5.93. The van der Waals surface area contributed by atoms with Crippen LogP contribution in [0.15, 0.2) is 48.5 Å². The summed E-state index contributed by atoms with van der Waals surface area (Å²) in [6, 6.07) is 14.3. The van der Waals surface area contributed by atoms with Crippen LogP contribution in [-0.2, 0) is 9.53 Å². The van der Waals surface area contributed by atoms with Crippen LogP contribution < -0.4 is 10.6 Å². The van der Waals surface area contributed by atoms with Crippen molar-refractivity contribution < 1.29 is 19.2 Å². The van der Waals surface area contributed by atoms with Gasteiger partial charge in [0.1, 0.15) is 5.69 Å². The van der Waals surface area contributed by atoms with Crippen molar-refractivity contribution in [3.05, 3.63) is 69.8 Å². The number of anilines is 1. The van der Waals surface area contributed by atoms with Crippen molar-refractivity contribution in [2.24, 2.45) is 0 Å². The Morgan fingerprint density at radius 1 is 1.19 bits per heavy atom. The third-order valence-corrected chi connectivity index (χ3v) is 5.31. The van der Waals surface area contributed by atoms with Gasteiger partial charge in [0.05, 0.1) is 10.5 Å². The Balaban J connectivity index is 1.58. The van der Waals surface area contributed by atoms with E-state index in [1.165, 1.54) is 25.1 Å². The number of nitrogens with zero attached hydrogens (tertiary/aromatic N) is 1. The molecule has 0 unspecified atom stereocenters. The standard InChI is InChI=1S/C23H27N3O5/c1-3-16(17-7-5-4-6-8-17)14-24-22(27)15(2)31-23(28)18-9-12-20(25-19-10-11-19)21(13-18)26(29)30/h4-9,12-13,15-16,19,25H,3,10-11,14H2,1-2H3,(H,24,27)/t15-,16-/m0/s1. The second kappa shape index (κ2) is 10.1. The van der Waals surface area contributed by atoms with E-state index in [9.17, 15) is 19.7 Å². The van der Waals surface area contributed by atoms with Gasteiger partial charge in [-0.2, -0.15) is 0 Å². The van der Waals surface area contributed by atoms with E-state index < -0.39 is 22.9 Å². The molecule has 1 fully saturated rings. The van der Waals surface area contributed by atoms with Crippen LogP contribution in [0.3, 0.4) is 0 Å². The van der Waals surface area contributed by atoms with Crippen molar-refractivity contribution in [1.82, 2.24) is 5.32 Å². The van der Waals surface area contributed by atoms with Crippen molar-refractivity contribution in [3.8, 4) is 0 Å². The maximum absolute atomic E-state index is 12.5. The van der Waals surface area contributed by atoms with Crippen molar-refractivity contribution >= 4 is 23.3 Å².